The Labute approximate surface area is 187 Å². The minimum absolute atomic E-state index is 0.0412. The highest BCUT2D eigenvalue weighted by atomic mass is 16.5. The van der Waals surface area contributed by atoms with E-state index in [9.17, 15) is 14.7 Å². The van der Waals surface area contributed by atoms with E-state index in [1.54, 1.807) is 10.8 Å². The van der Waals surface area contributed by atoms with Crippen LogP contribution in [0.2, 0.25) is 0 Å². The predicted octanol–water partition coefficient (Wildman–Crippen LogP) is 3.45. The average molecular weight is 439 g/mol. The number of anilines is 2. The molecule has 3 aromatic rings. The molecule has 0 bridgehead atoms. The lowest BCUT2D eigenvalue weighted by Gasteiger charge is -2.13. The number of nitrogens with one attached hydrogen (secondary N) is 2. The number of aliphatic hydroxyl groups excluding tert-OH is 1. The van der Waals surface area contributed by atoms with Gasteiger partial charge in [-0.3, -0.25) is 4.79 Å². The maximum absolute atomic E-state index is 12.9. The molecule has 0 saturated heterocycles. The molecule has 0 saturated carbocycles. The molecule has 2 aromatic heterocycles. The summed E-state index contributed by atoms with van der Waals surface area (Å²) in [7, 11) is 1.32. The number of nitrogens with zero attached hydrogens (tertiary/aromatic N) is 2. The normalized spacial score (nSPS) is 12.1. The fourth-order valence-corrected chi connectivity index (χ4v) is 3.58. The Bertz CT molecular complexity index is 1090. The lowest BCUT2D eigenvalue weighted by molar-refractivity contribution is -0.115. The lowest BCUT2D eigenvalue weighted by Crippen LogP contribution is -2.19. The van der Waals surface area contributed by atoms with Gasteiger partial charge in [-0.15, -0.1) is 0 Å². The van der Waals surface area contributed by atoms with Crippen molar-refractivity contribution in [1.82, 2.24) is 9.55 Å². The lowest BCUT2D eigenvalue weighted by atomic mass is 10.1. The van der Waals surface area contributed by atoms with Crippen LogP contribution in [-0.2, 0) is 22.5 Å². The molecule has 1 atom stereocenters. The van der Waals surface area contributed by atoms with Crippen molar-refractivity contribution in [3.8, 4) is 0 Å². The number of hydrogen-bond acceptors (Lipinski definition) is 6. The third-order valence-corrected chi connectivity index (χ3v) is 4.98. The standard InChI is InChI=1S/C24H30N4O4/c1-15(2)13-28-22(24(31)32-4)21(27-20(30)10-17-8-6-5-7-9-17)19-11-18(12-25-23(19)28)26-16(3)14-29/h5-9,11-12,15-16,26,29H,10,13-14H2,1-4H3,(H,27,30)/t16-/m0/s1. The minimum Gasteiger partial charge on any atom is -0.464 e. The molecule has 2 heterocycles. The van der Waals surface area contributed by atoms with Gasteiger partial charge in [0.15, 0.2) is 5.69 Å². The van der Waals surface area contributed by atoms with E-state index in [0.29, 0.717) is 29.0 Å². The highest BCUT2D eigenvalue weighted by molar-refractivity contribution is 6.11. The highest BCUT2D eigenvalue weighted by Crippen LogP contribution is 2.33. The Hall–Kier alpha value is -3.39. The van der Waals surface area contributed by atoms with Crippen molar-refractivity contribution < 1.29 is 19.4 Å². The van der Waals surface area contributed by atoms with Crippen molar-refractivity contribution in [1.29, 1.82) is 0 Å². The van der Waals surface area contributed by atoms with Gasteiger partial charge in [-0.2, -0.15) is 0 Å². The molecule has 3 N–H and O–H groups in total. The number of methoxy groups -OCH3 is 1. The summed E-state index contributed by atoms with van der Waals surface area (Å²) >= 11 is 0. The van der Waals surface area contributed by atoms with Gasteiger partial charge in [0.2, 0.25) is 5.91 Å². The number of benzene rings is 1. The average Bonchev–Trinajstić information content (AvgIpc) is 3.05. The second kappa shape index (κ2) is 10.3. The highest BCUT2D eigenvalue weighted by Gasteiger charge is 2.26. The molecule has 0 aliphatic heterocycles. The summed E-state index contributed by atoms with van der Waals surface area (Å²) < 4.78 is 6.85. The van der Waals surface area contributed by atoms with Gasteiger partial charge in [0.1, 0.15) is 5.65 Å². The predicted molar refractivity (Wildman–Crippen MR) is 125 cm³/mol. The van der Waals surface area contributed by atoms with Crippen LogP contribution >= 0.6 is 0 Å². The van der Waals surface area contributed by atoms with E-state index in [0.717, 1.165) is 5.56 Å². The molecule has 8 nitrogen and oxygen atoms in total. The van der Waals surface area contributed by atoms with Gasteiger partial charge in [0.25, 0.3) is 0 Å². The van der Waals surface area contributed by atoms with E-state index in [4.69, 9.17) is 4.74 Å². The zero-order valence-electron chi connectivity index (χ0n) is 18.9. The Morgan fingerprint density at radius 1 is 1.19 bits per heavy atom. The first-order chi connectivity index (χ1) is 15.3. The largest absolute Gasteiger partial charge is 0.464 e. The Morgan fingerprint density at radius 2 is 1.91 bits per heavy atom. The van der Waals surface area contributed by atoms with Gasteiger partial charge >= 0.3 is 5.97 Å². The van der Waals surface area contributed by atoms with E-state index >= 15 is 0 Å². The molecule has 0 radical (unpaired) electrons. The Kier molecular flexibility index (Phi) is 7.48. The third kappa shape index (κ3) is 5.26. The molecule has 0 aliphatic carbocycles. The van der Waals surface area contributed by atoms with Crippen molar-refractivity contribution >= 4 is 34.3 Å². The number of carbonyl (C=O) groups excluding carboxylic acids is 2. The quantitative estimate of drug-likeness (QED) is 0.442. The first kappa shape index (κ1) is 23.3. The van der Waals surface area contributed by atoms with Gasteiger partial charge in [-0.05, 0) is 24.5 Å². The van der Waals surface area contributed by atoms with E-state index in [1.165, 1.54) is 7.11 Å². The summed E-state index contributed by atoms with van der Waals surface area (Å²) in [5.74, 6) is -0.556. The fraction of sp³-hybridized carbons (Fsp3) is 0.375. The van der Waals surface area contributed by atoms with Crippen LogP contribution in [0.5, 0.6) is 0 Å². The van der Waals surface area contributed by atoms with Crippen LogP contribution in [0.1, 0.15) is 36.8 Å². The summed E-state index contributed by atoms with van der Waals surface area (Å²) in [4.78, 5) is 30.2. The molecule has 170 valence electrons. The number of esters is 1. The molecule has 1 amide bonds. The van der Waals surface area contributed by atoms with Crippen LogP contribution in [-0.4, -0.2) is 46.3 Å². The molecule has 0 unspecified atom stereocenters. The number of fused-ring (bicyclic) bond motifs is 1. The zero-order chi connectivity index (χ0) is 23.3. The monoisotopic (exact) mass is 438 g/mol. The Balaban J connectivity index is 2.11. The molecule has 0 aliphatic rings. The number of carbonyl (C=O) groups is 2. The van der Waals surface area contributed by atoms with E-state index in [-0.39, 0.29) is 36.6 Å². The smallest absolute Gasteiger partial charge is 0.356 e. The summed E-state index contributed by atoms with van der Waals surface area (Å²) in [5.41, 5.74) is 2.76. The Morgan fingerprint density at radius 3 is 2.53 bits per heavy atom. The minimum atomic E-state index is -0.545. The summed E-state index contributed by atoms with van der Waals surface area (Å²) in [6.07, 6.45) is 1.83. The van der Waals surface area contributed by atoms with Crippen LogP contribution in [0.3, 0.4) is 0 Å². The molecule has 0 spiro atoms. The van der Waals surface area contributed by atoms with E-state index in [1.807, 2.05) is 57.2 Å². The van der Waals surface area contributed by atoms with Gasteiger partial charge in [-0.25, -0.2) is 9.78 Å². The first-order valence-corrected chi connectivity index (χ1v) is 10.7. The molecule has 1 aromatic carbocycles. The number of aliphatic hydroxyl groups is 1. The van der Waals surface area contributed by atoms with E-state index < -0.39 is 5.97 Å². The van der Waals surface area contributed by atoms with Crippen LogP contribution in [0.4, 0.5) is 11.4 Å². The van der Waals surface area contributed by atoms with Crippen LogP contribution in [0.15, 0.2) is 42.6 Å². The van der Waals surface area contributed by atoms with Crippen molar-refractivity contribution in [2.75, 3.05) is 24.4 Å². The number of rotatable bonds is 9. The second-order valence-corrected chi connectivity index (χ2v) is 8.25. The first-order valence-electron chi connectivity index (χ1n) is 10.7. The van der Waals surface area contributed by atoms with Crippen LogP contribution in [0, 0.1) is 5.92 Å². The number of pyridine rings is 1. The van der Waals surface area contributed by atoms with Gasteiger partial charge in [0, 0.05) is 18.0 Å². The topological polar surface area (TPSA) is 105 Å². The maximum atomic E-state index is 12.9. The third-order valence-electron chi connectivity index (χ3n) is 4.98. The van der Waals surface area contributed by atoms with Gasteiger partial charge in [-0.1, -0.05) is 44.2 Å². The second-order valence-electron chi connectivity index (χ2n) is 8.25. The van der Waals surface area contributed by atoms with Crippen molar-refractivity contribution in [3.63, 3.8) is 0 Å². The molecule has 3 rings (SSSR count). The SMILES string of the molecule is COC(=O)c1c(NC(=O)Cc2ccccc2)c2cc(N[C@@H](C)CO)cnc2n1CC(C)C. The fourth-order valence-electron chi connectivity index (χ4n) is 3.58. The number of aromatic nitrogens is 2. The van der Waals surface area contributed by atoms with Crippen molar-refractivity contribution in [2.45, 2.75) is 39.8 Å². The summed E-state index contributed by atoms with van der Waals surface area (Å²) in [5, 5.41) is 16.1. The van der Waals surface area contributed by atoms with Crippen LogP contribution < -0.4 is 10.6 Å². The number of hydrogen-bond donors (Lipinski definition) is 3. The van der Waals surface area contributed by atoms with Crippen molar-refractivity contribution in [3.05, 3.63) is 53.9 Å². The summed E-state index contributed by atoms with van der Waals surface area (Å²) in [6.45, 7) is 6.41. The van der Waals surface area contributed by atoms with E-state index in [2.05, 4.69) is 15.6 Å². The molecule has 32 heavy (non-hydrogen) atoms. The molecule has 0 fully saturated rings. The number of amides is 1. The maximum Gasteiger partial charge on any atom is 0.356 e. The zero-order valence-corrected chi connectivity index (χ0v) is 18.9. The molecular weight excluding hydrogens is 408 g/mol. The van der Waals surface area contributed by atoms with Gasteiger partial charge < -0.3 is 25.0 Å². The van der Waals surface area contributed by atoms with Crippen molar-refractivity contribution in [2.24, 2.45) is 5.92 Å². The number of ether oxygens (including phenoxy) is 1. The van der Waals surface area contributed by atoms with Gasteiger partial charge in [0.05, 0.1) is 37.7 Å². The summed E-state index contributed by atoms with van der Waals surface area (Å²) in [6, 6.07) is 11.1. The van der Waals surface area contributed by atoms with Crippen LogP contribution in [0.25, 0.3) is 11.0 Å². The molecule has 8 heteroatoms. The molecular formula is C24H30N4O4.